The van der Waals surface area contributed by atoms with Crippen LogP contribution in [0, 0.1) is 13.8 Å². The van der Waals surface area contributed by atoms with Gasteiger partial charge in [-0.2, -0.15) is 0 Å². The highest BCUT2D eigenvalue weighted by atomic mass is 32.2. The second kappa shape index (κ2) is 6.21. The number of carbonyl (C=O) groups excluding carboxylic acids is 1. The SMILES string of the molecule is CSc1nc(C)c(CC(=O)Nc2ccc(C)cc2)s1. The Morgan fingerprint density at radius 1 is 1.32 bits per heavy atom. The monoisotopic (exact) mass is 292 g/mol. The zero-order valence-electron chi connectivity index (χ0n) is 11.2. The van der Waals surface area contributed by atoms with Crippen LogP contribution < -0.4 is 5.32 Å². The number of hydrogen-bond donors (Lipinski definition) is 1. The molecule has 0 aliphatic heterocycles. The third-order valence-electron chi connectivity index (χ3n) is 2.70. The fourth-order valence-corrected chi connectivity index (χ4v) is 3.29. The molecule has 100 valence electrons. The van der Waals surface area contributed by atoms with Gasteiger partial charge in [-0.05, 0) is 32.2 Å². The molecule has 0 aliphatic carbocycles. The van der Waals surface area contributed by atoms with E-state index in [0.717, 1.165) is 20.6 Å². The van der Waals surface area contributed by atoms with Crippen LogP contribution in [0.1, 0.15) is 16.1 Å². The van der Waals surface area contributed by atoms with Gasteiger partial charge in [-0.1, -0.05) is 29.5 Å². The lowest BCUT2D eigenvalue weighted by Crippen LogP contribution is -2.14. The number of nitrogens with zero attached hydrogens (tertiary/aromatic N) is 1. The molecule has 0 saturated heterocycles. The van der Waals surface area contributed by atoms with Gasteiger partial charge in [-0.25, -0.2) is 4.98 Å². The molecule has 0 atom stereocenters. The maximum absolute atomic E-state index is 12.0. The first-order valence-electron chi connectivity index (χ1n) is 5.95. The summed E-state index contributed by atoms with van der Waals surface area (Å²) in [6.45, 7) is 3.97. The molecule has 19 heavy (non-hydrogen) atoms. The zero-order chi connectivity index (χ0) is 13.8. The number of nitrogens with one attached hydrogen (secondary N) is 1. The Morgan fingerprint density at radius 3 is 2.58 bits per heavy atom. The van der Waals surface area contributed by atoms with Crippen LogP contribution in [0.3, 0.4) is 0 Å². The summed E-state index contributed by atoms with van der Waals surface area (Å²) in [6.07, 6.45) is 2.38. The summed E-state index contributed by atoms with van der Waals surface area (Å²) in [6, 6.07) is 7.80. The molecule has 0 unspecified atom stereocenters. The average molecular weight is 292 g/mol. The van der Waals surface area contributed by atoms with Crippen molar-refractivity contribution in [3.8, 4) is 0 Å². The number of aromatic nitrogens is 1. The van der Waals surface area contributed by atoms with Gasteiger partial charge in [0.25, 0.3) is 0 Å². The molecule has 0 radical (unpaired) electrons. The van der Waals surface area contributed by atoms with Gasteiger partial charge in [0.15, 0.2) is 0 Å². The lowest BCUT2D eigenvalue weighted by Gasteiger charge is -2.04. The van der Waals surface area contributed by atoms with Crippen molar-refractivity contribution in [2.24, 2.45) is 0 Å². The molecule has 3 nitrogen and oxygen atoms in total. The minimum absolute atomic E-state index is 0.00301. The van der Waals surface area contributed by atoms with Gasteiger partial charge in [0.1, 0.15) is 4.34 Å². The Bertz CT molecular complexity index is 576. The van der Waals surface area contributed by atoms with E-state index in [1.165, 1.54) is 5.56 Å². The standard InChI is InChI=1S/C14H16N2OS2/c1-9-4-6-11(7-5-9)16-13(17)8-12-10(2)15-14(18-3)19-12/h4-7H,8H2,1-3H3,(H,16,17). The van der Waals surface area contributed by atoms with Crippen LogP contribution in [0.25, 0.3) is 0 Å². The number of thioether (sulfide) groups is 1. The van der Waals surface area contributed by atoms with E-state index in [9.17, 15) is 4.79 Å². The molecule has 1 heterocycles. The first kappa shape index (κ1) is 14.1. The highest BCUT2D eigenvalue weighted by Crippen LogP contribution is 2.25. The molecule has 1 N–H and O–H groups in total. The Hall–Kier alpha value is -1.33. The number of rotatable bonds is 4. The Balaban J connectivity index is 2.00. The summed E-state index contributed by atoms with van der Waals surface area (Å²) in [7, 11) is 0. The molecule has 0 aliphatic rings. The Morgan fingerprint density at radius 2 is 2.00 bits per heavy atom. The van der Waals surface area contributed by atoms with Crippen molar-refractivity contribution >= 4 is 34.7 Å². The van der Waals surface area contributed by atoms with Gasteiger partial charge in [0.2, 0.25) is 5.91 Å². The van der Waals surface area contributed by atoms with Crippen molar-refractivity contribution < 1.29 is 4.79 Å². The molecule has 0 fully saturated rings. The van der Waals surface area contributed by atoms with Crippen molar-refractivity contribution in [2.75, 3.05) is 11.6 Å². The first-order valence-corrected chi connectivity index (χ1v) is 7.99. The predicted molar refractivity (Wildman–Crippen MR) is 82.1 cm³/mol. The van der Waals surface area contributed by atoms with E-state index < -0.39 is 0 Å². The van der Waals surface area contributed by atoms with Crippen LogP contribution in [0.4, 0.5) is 5.69 Å². The van der Waals surface area contributed by atoms with Crippen molar-refractivity contribution in [1.29, 1.82) is 0 Å². The second-order valence-corrected chi connectivity index (χ2v) is 6.42. The molecule has 5 heteroatoms. The summed E-state index contributed by atoms with van der Waals surface area (Å²) in [5.41, 5.74) is 2.97. The van der Waals surface area contributed by atoms with Crippen LogP contribution in [-0.4, -0.2) is 17.1 Å². The summed E-state index contributed by atoms with van der Waals surface area (Å²) < 4.78 is 1.01. The topological polar surface area (TPSA) is 42.0 Å². The number of thiazole rings is 1. The van der Waals surface area contributed by atoms with Crippen LogP contribution in [-0.2, 0) is 11.2 Å². The van der Waals surface area contributed by atoms with E-state index in [0.29, 0.717) is 6.42 Å². The predicted octanol–water partition coefficient (Wildman–Crippen LogP) is 3.66. The normalized spacial score (nSPS) is 10.5. The highest BCUT2D eigenvalue weighted by Gasteiger charge is 2.11. The lowest BCUT2D eigenvalue weighted by atomic mass is 10.2. The molecule has 1 aromatic carbocycles. The minimum atomic E-state index is 0.00301. The first-order chi connectivity index (χ1) is 9.08. The summed E-state index contributed by atoms with van der Waals surface area (Å²) in [4.78, 5) is 17.4. The zero-order valence-corrected chi connectivity index (χ0v) is 12.8. The fourth-order valence-electron chi connectivity index (χ4n) is 1.64. The van der Waals surface area contributed by atoms with Gasteiger partial charge in [0, 0.05) is 10.6 Å². The largest absolute Gasteiger partial charge is 0.326 e. The molecule has 2 rings (SSSR count). The van der Waals surface area contributed by atoms with Crippen LogP contribution in [0.5, 0.6) is 0 Å². The second-order valence-electron chi connectivity index (χ2n) is 4.28. The van der Waals surface area contributed by atoms with Crippen LogP contribution >= 0.6 is 23.1 Å². The molecule has 1 aromatic heterocycles. The summed E-state index contributed by atoms with van der Waals surface area (Å²) in [5, 5.41) is 2.91. The summed E-state index contributed by atoms with van der Waals surface area (Å²) in [5.74, 6) is 0.00301. The smallest absolute Gasteiger partial charge is 0.229 e. The highest BCUT2D eigenvalue weighted by molar-refractivity contribution is 8.00. The molecule has 1 amide bonds. The third-order valence-corrected chi connectivity index (χ3v) is 4.85. The maximum atomic E-state index is 12.0. The molecule has 0 bridgehead atoms. The van der Waals surface area contributed by atoms with E-state index in [2.05, 4.69) is 10.3 Å². The van der Waals surface area contributed by atoms with E-state index in [-0.39, 0.29) is 5.91 Å². The average Bonchev–Trinajstić information content (AvgIpc) is 2.73. The van der Waals surface area contributed by atoms with E-state index in [1.54, 1.807) is 23.1 Å². The van der Waals surface area contributed by atoms with Crippen molar-refractivity contribution in [2.45, 2.75) is 24.6 Å². The van der Waals surface area contributed by atoms with Crippen molar-refractivity contribution in [3.05, 3.63) is 40.4 Å². The van der Waals surface area contributed by atoms with Crippen LogP contribution in [0.2, 0.25) is 0 Å². The van der Waals surface area contributed by atoms with E-state index in [1.807, 2.05) is 44.4 Å². The number of anilines is 1. The Kier molecular flexibility index (Phi) is 4.61. The van der Waals surface area contributed by atoms with Gasteiger partial charge in [-0.3, -0.25) is 4.79 Å². The fraction of sp³-hybridized carbons (Fsp3) is 0.286. The van der Waals surface area contributed by atoms with Crippen molar-refractivity contribution in [1.82, 2.24) is 4.98 Å². The number of amides is 1. The number of benzene rings is 1. The molecular weight excluding hydrogens is 276 g/mol. The summed E-state index contributed by atoms with van der Waals surface area (Å²) >= 11 is 3.20. The third kappa shape index (κ3) is 3.81. The number of aryl methyl sites for hydroxylation is 2. The maximum Gasteiger partial charge on any atom is 0.229 e. The van der Waals surface area contributed by atoms with Crippen LogP contribution in [0.15, 0.2) is 28.6 Å². The van der Waals surface area contributed by atoms with E-state index in [4.69, 9.17) is 0 Å². The molecule has 0 saturated carbocycles. The van der Waals surface area contributed by atoms with Gasteiger partial charge in [0.05, 0.1) is 12.1 Å². The number of hydrogen-bond acceptors (Lipinski definition) is 4. The molecule has 0 spiro atoms. The number of carbonyl (C=O) groups is 1. The van der Waals surface area contributed by atoms with E-state index >= 15 is 0 Å². The minimum Gasteiger partial charge on any atom is -0.326 e. The van der Waals surface area contributed by atoms with Gasteiger partial charge >= 0.3 is 0 Å². The Labute approximate surface area is 121 Å². The molecular formula is C14H16N2OS2. The van der Waals surface area contributed by atoms with Crippen molar-refractivity contribution in [3.63, 3.8) is 0 Å². The van der Waals surface area contributed by atoms with Gasteiger partial charge < -0.3 is 5.32 Å². The lowest BCUT2D eigenvalue weighted by molar-refractivity contribution is -0.115. The van der Waals surface area contributed by atoms with Gasteiger partial charge in [-0.15, -0.1) is 11.3 Å². The molecule has 2 aromatic rings. The quantitative estimate of drug-likeness (QED) is 0.874.